The van der Waals surface area contributed by atoms with Gasteiger partial charge in [0.1, 0.15) is 5.76 Å². The lowest BCUT2D eigenvalue weighted by molar-refractivity contribution is 0.542. The molecular formula is C13H10N2O. The van der Waals surface area contributed by atoms with Gasteiger partial charge in [-0.3, -0.25) is 4.98 Å². The van der Waals surface area contributed by atoms with E-state index < -0.39 is 0 Å². The predicted octanol–water partition coefficient (Wildman–Crippen LogP) is 3.20. The summed E-state index contributed by atoms with van der Waals surface area (Å²) in [5.74, 6) is 1.43. The van der Waals surface area contributed by atoms with Crippen LogP contribution in [0, 0.1) is 6.92 Å². The zero-order valence-corrected chi connectivity index (χ0v) is 8.84. The number of pyridine rings is 1. The van der Waals surface area contributed by atoms with Crippen LogP contribution >= 0.6 is 0 Å². The molecule has 3 heteroatoms. The molecule has 0 unspecified atom stereocenters. The van der Waals surface area contributed by atoms with Gasteiger partial charge in [-0.15, -0.1) is 0 Å². The summed E-state index contributed by atoms with van der Waals surface area (Å²) in [5, 5.41) is 1.09. The van der Waals surface area contributed by atoms with Gasteiger partial charge >= 0.3 is 0 Å². The summed E-state index contributed by atoms with van der Waals surface area (Å²) >= 11 is 0. The van der Waals surface area contributed by atoms with Gasteiger partial charge in [-0.1, -0.05) is 18.2 Å². The third-order valence-corrected chi connectivity index (χ3v) is 2.46. The molecule has 0 aliphatic rings. The van der Waals surface area contributed by atoms with E-state index in [0.29, 0.717) is 5.89 Å². The van der Waals surface area contributed by atoms with Crippen molar-refractivity contribution in [3.8, 4) is 11.5 Å². The summed E-state index contributed by atoms with van der Waals surface area (Å²) in [7, 11) is 0. The molecule has 0 atom stereocenters. The first kappa shape index (κ1) is 9.09. The quantitative estimate of drug-likeness (QED) is 0.619. The Kier molecular flexibility index (Phi) is 1.96. The summed E-state index contributed by atoms with van der Waals surface area (Å²) in [6.45, 7) is 1.88. The lowest BCUT2D eigenvalue weighted by Crippen LogP contribution is -1.82. The summed E-state index contributed by atoms with van der Waals surface area (Å²) in [5.41, 5.74) is 1.89. The fourth-order valence-electron chi connectivity index (χ4n) is 1.68. The van der Waals surface area contributed by atoms with Crippen molar-refractivity contribution in [1.82, 2.24) is 9.97 Å². The van der Waals surface area contributed by atoms with E-state index in [4.69, 9.17) is 4.42 Å². The highest BCUT2D eigenvalue weighted by Gasteiger charge is 2.05. The molecule has 0 saturated heterocycles. The van der Waals surface area contributed by atoms with E-state index in [-0.39, 0.29) is 0 Å². The molecule has 0 spiro atoms. The Morgan fingerprint density at radius 3 is 2.75 bits per heavy atom. The van der Waals surface area contributed by atoms with Crippen molar-refractivity contribution in [2.45, 2.75) is 6.92 Å². The lowest BCUT2D eigenvalue weighted by atomic mass is 10.1. The molecule has 0 saturated carbocycles. The second-order valence-corrected chi connectivity index (χ2v) is 3.69. The first-order valence-electron chi connectivity index (χ1n) is 5.10. The van der Waals surface area contributed by atoms with Crippen LogP contribution in [0.1, 0.15) is 5.76 Å². The molecule has 0 amide bonds. The van der Waals surface area contributed by atoms with Gasteiger partial charge in [0, 0.05) is 11.6 Å². The van der Waals surface area contributed by atoms with E-state index in [9.17, 15) is 0 Å². The van der Waals surface area contributed by atoms with Gasteiger partial charge in [0.15, 0.2) is 0 Å². The van der Waals surface area contributed by atoms with Gasteiger partial charge in [0.05, 0.1) is 17.3 Å². The number of oxazole rings is 1. The normalized spacial score (nSPS) is 10.8. The molecule has 3 aromatic rings. The molecule has 0 radical (unpaired) electrons. The minimum absolute atomic E-state index is 0.621. The Bertz CT molecular complexity index is 643. The van der Waals surface area contributed by atoms with Gasteiger partial charge < -0.3 is 4.42 Å². The number of aryl methyl sites for hydroxylation is 1. The van der Waals surface area contributed by atoms with Crippen LogP contribution in [-0.2, 0) is 0 Å². The number of hydrogen-bond donors (Lipinski definition) is 0. The molecule has 0 fully saturated rings. The fourth-order valence-corrected chi connectivity index (χ4v) is 1.68. The number of rotatable bonds is 1. The fraction of sp³-hybridized carbons (Fsp3) is 0.0769. The molecule has 3 rings (SSSR count). The Hall–Kier alpha value is -2.16. The average Bonchev–Trinajstić information content (AvgIpc) is 2.75. The van der Waals surface area contributed by atoms with Crippen molar-refractivity contribution in [2.75, 3.05) is 0 Å². The lowest BCUT2D eigenvalue weighted by Gasteiger charge is -1.98. The number of fused-ring (bicyclic) bond motifs is 1. The number of nitrogens with zero attached hydrogens (tertiary/aromatic N) is 2. The average molecular weight is 210 g/mol. The maximum atomic E-state index is 5.47. The van der Waals surface area contributed by atoms with Crippen LogP contribution in [0.25, 0.3) is 22.4 Å². The van der Waals surface area contributed by atoms with Crippen molar-refractivity contribution >= 4 is 10.9 Å². The molecule has 0 aliphatic carbocycles. The van der Waals surface area contributed by atoms with E-state index in [1.165, 1.54) is 0 Å². The molecule has 1 aromatic carbocycles. The summed E-state index contributed by atoms with van der Waals surface area (Å²) in [4.78, 5) is 8.55. The van der Waals surface area contributed by atoms with Crippen molar-refractivity contribution in [3.63, 3.8) is 0 Å². The Balaban J connectivity index is 2.18. The number of benzene rings is 1. The summed E-state index contributed by atoms with van der Waals surface area (Å²) in [6.07, 6.45) is 3.50. The minimum atomic E-state index is 0.621. The number of para-hydroxylation sites is 1. The predicted molar refractivity (Wildman–Crippen MR) is 62.0 cm³/mol. The topological polar surface area (TPSA) is 38.9 Å². The van der Waals surface area contributed by atoms with E-state index in [1.54, 1.807) is 12.4 Å². The van der Waals surface area contributed by atoms with Crippen LogP contribution in [-0.4, -0.2) is 9.97 Å². The maximum absolute atomic E-state index is 5.47. The monoisotopic (exact) mass is 210 g/mol. The zero-order chi connectivity index (χ0) is 11.0. The zero-order valence-electron chi connectivity index (χ0n) is 8.84. The number of hydrogen-bond acceptors (Lipinski definition) is 3. The second kappa shape index (κ2) is 3.45. The molecule has 78 valence electrons. The molecule has 0 bridgehead atoms. The second-order valence-electron chi connectivity index (χ2n) is 3.69. The van der Waals surface area contributed by atoms with Crippen LogP contribution in [0.2, 0.25) is 0 Å². The molecule has 2 heterocycles. The highest BCUT2D eigenvalue weighted by Crippen LogP contribution is 2.21. The van der Waals surface area contributed by atoms with E-state index in [2.05, 4.69) is 9.97 Å². The minimum Gasteiger partial charge on any atom is -0.441 e. The third kappa shape index (κ3) is 1.46. The SMILES string of the molecule is Cc1cnc(-c2cnc3ccccc3c2)o1. The highest BCUT2D eigenvalue weighted by molar-refractivity contribution is 5.82. The standard InChI is InChI=1S/C13H10N2O/c1-9-7-15-13(16-9)11-6-10-4-2-3-5-12(10)14-8-11/h2-8H,1H3. The molecule has 0 aliphatic heterocycles. The van der Waals surface area contributed by atoms with E-state index >= 15 is 0 Å². The molecule has 3 nitrogen and oxygen atoms in total. The molecule has 2 aromatic heterocycles. The van der Waals surface area contributed by atoms with Crippen LogP contribution < -0.4 is 0 Å². The smallest absolute Gasteiger partial charge is 0.227 e. The van der Waals surface area contributed by atoms with E-state index in [0.717, 1.165) is 22.2 Å². The maximum Gasteiger partial charge on any atom is 0.227 e. The van der Waals surface area contributed by atoms with Gasteiger partial charge in [-0.25, -0.2) is 4.98 Å². The van der Waals surface area contributed by atoms with Crippen molar-refractivity contribution in [3.05, 3.63) is 48.5 Å². The van der Waals surface area contributed by atoms with Crippen molar-refractivity contribution in [2.24, 2.45) is 0 Å². The Morgan fingerprint density at radius 2 is 1.94 bits per heavy atom. The van der Waals surface area contributed by atoms with Gasteiger partial charge in [-0.05, 0) is 19.1 Å². The van der Waals surface area contributed by atoms with Crippen LogP contribution in [0.5, 0.6) is 0 Å². The van der Waals surface area contributed by atoms with Crippen molar-refractivity contribution < 1.29 is 4.42 Å². The third-order valence-electron chi connectivity index (χ3n) is 2.46. The van der Waals surface area contributed by atoms with Gasteiger partial charge in [-0.2, -0.15) is 0 Å². The number of aromatic nitrogens is 2. The van der Waals surface area contributed by atoms with Crippen LogP contribution in [0.15, 0.2) is 47.1 Å². The summed E-state index contributed by atoms with van der Waals surface area (Å²) < 4.78 is 5.47. The molecule has 0 N–H and O–H groups in total. The highest BCUT2D eigenvalue weighted by atomic mass is 16.4. The van der Waals surface area contributed by atoms with Crippen LogP contribution in [0.4, 0.5) is 0 Å². The van der Waals surface area contributed by atoms with E-state index in [1.807, 2.05) is 37.3 Å². The summed E-state index contributed by atoms with van der Waals surface area (Å²) in [6, 6.07) is 10.0. The largest absolute Gasteiger partial charge is 0.441 e. The first-order valence-corrected chi connectivity index (χ1v) is 5.10. The Labute approximate surface area is 92.8 Å². The molecule has 16 heavy (non-hydrogen) atoms. The van der Waals surface area contributed by atoms with Crippen molar-refractivity contribution in [1.29, 1.82) is 0 Å². The molecular weight excluding hydrogens is 200 g/mol. The van der Waals surface area contributed by atoms with Crippen LogP contribution in [0.3, 0.4) is 0 Å². The van der Waals surface area contributed by atoms with Gasteiger partial charge in [0.25, 0.3) is 0 Å². The Morgan fingerprint density at radius 1 is 1.06 bits per heavy atom. The van der Waals surface area contributed by atoms with Gasteiger partial charge in [0.2, 0.25) is 5.89 Å². The first-order chi connectivity index (χ1) is 7.83.